The maximum absolute atomic E-state index is 10.8. The Hall–Kier alpha value is -1.71. The molecule has 0 aliphatic carbocycles. The summed E-state index contributed by atoms with van der Waals surface area (Å²) in [6, 6.07) is 0. The molecule has 0 saturated carbocycles. The summed E-state index contributed by atoms with van der Waals surface area (Å²) in [6.07, 6.45) is 5.15. The lowest BCUT2D eigenvalue weighted by atomic mass is 10.1. The molecule has 0 bridgehead atoms. The summed E-state index contributed by atoms with van der Waals surface area (Å²) in [4.78, 5) is 10.8. The van der Waals surface area contributed by atoms with E-state index >= 15 is 0 Å². The lowest BCUT2D eigenvalue weighted by molar-refractivity contribution is -0.140. The van der Waals surface area contributed by atoms with Crippen LogP contribution in [0.15, 0.2) is 12.2 Å². The zero-order valence-corrected chi connectivity index (χ0v) is 10.7. The molecule has 3 nitrogen and oxygen atoms in total. The van der Waals surface area contributed by atoms with Gasteiger partial charge in [0.25, 0.3) is 0 Å². The molecule has 0 radical (unpaired) electrons. The molecule has 0 aliphatic rings. The largest absolute Gasteiger partial charge is 0.469 e. The van der Waals surface area contributed by atoms with Crippen LogP contribution in [0.3, 0.4) is 0 Å². The van der Waals surface area contributed by atoms with Gasteiger partial charge in [-0.1, -0.05) is 23.7 Å². The molecule has 0 spiro atoms. The van der Waals surface area contributed by atoms with E-state index in [1.165, 1.54) is 7.11 Å². The minimum atomic E-state index is -0.474. The van der Waals surface area contributed by atoms with E-state index in [9.17, 15) is 4.79 Å². The average molecular weight is 233 g/mol. The zero-order chi connectivity index (χ0) is 13.1. The van der Waals surface area contributed by atoms with E-state index in [2.05, 4.69) is 28.4 Å². The highest BCUT2D eigenvalue weighted by atomic mass is 16.5. The van der Waals surface area contributed by atoms with Crippen molar-refractivity contribution in [2.45, 2.75) is 38.6 Å². The van der Waals surface area contributed by atoms with Crippen molar-refractivity contribution in [3.63, 3.8) is 0 Å². The number of allylic oxidation sites excluding steroid dienone is 2. The maximum Gasteiger partial charge on any atom is 0.305 e. The minimum Gasteiger partial charge on any atom is -0.469 e. The van der Waals surface area contributed by atoms with Gasteiger partial charge in [0.05, 0.1) is 12.6 Å². The zero-order valence-electron chi connectivity index (χ0n) is 10.7. The highest BCUT2D eigenvalue weighted by Crippen LogP contribution is 1.95. The second kappa shape index (κ2) is 8.44. The van der Waals surface area contributed by atoms with Gasteiger partial charge in [-0.05, 0) is 32.4 Å². The van der Waals surface area contributed by atoms with E-state index in [0.29, 0.717) is 12.8 Å². The molecular formula is C14H19NO2. The Morgan fingerprint density at radius 1 is 1.35 bits per heavy atom. The molecule has 0 amide bonds. The number of esters is 1. The van der Waals surface area contributed by atoms with Gasteiger partial charge in [-0.3, -0.25) is 4.79 Å². The Morgan fingerprint density at radius 2 is 2.00 bits per heavy atom. The van der Waals surface area contributed by atoms with Crippen LogP contribution in [0.5, 0.6) is 0 Å². The summed E-state index contributed by atoms with van der Waals surface area (Å²) in [5.41, 5.74) is 5.20. The molecule has 0 heterocycles. The first-order valence-electron chi connectivity index (χ1n) is 5.47. The first-order valence-corrected chi connectivity index (χ1v) is 5.47. The number of methoxy groups -OCH3 is 1. The molecule has 92 valence electrons. The Bertz CT molecular complexity index is 380. The van der Waals surface area contributed by atoms with Crippen LogP contribution >= 0.6 is 0 Å². The molecular weight excluding hydrogens is 214 g/mol. The molecule has 0 unspecified atom stereocenters. The molecule has 0 aliphatic heterocycles. The van der Waals surface area contributed by atoms with Gasteiger partial charge in [0.1, 0.15) is 0 Å². The summed E-state index contributed by atoms with van der Waals surface area (Å²) < 4.78 is 4.51. The molecule has 0 saturated heterocycles. The van der Waals surface area contributed by atoms with Crippen LogP contribution in [0.2, 0.25) is 0 Å². The Labute approximate surface area is 103 Å². The van der Waals surface area contributed by atoms with Crippen LogP contribution in [0.4, 0.5) is 0 Å². The number of unbranched alkanes of at least 4 members (excludes halogenated alkanes) is 1. The van der Waals surface area contributed by atoms with E-state index in [1.807, 2.05) is 13.8 Å². The number of hydrogen-bond donors (Lipinski definition) is 1. The highest BCUT2D eigenvalue weighted by molar-refractivity contribution is 5.69. The fourth-order valence-electron chi connectivity index (χ4n) is 0.865. The van der Waals surface area contributed by atoms with Crippen LogP contribution < -0.4 is 5.73 Å². The van der Waals surface area contributed by atoms with Crippen LogP contribution in [0.1, 0.15) is 33.1 Å². The van der Waals surface area contributed by atoms with Crippen molar-refractivity contribution in [3.8, 4) is 23.7 Å². The summed E-state index contributed by atoms with van der Waals surface area (Å²) in [6.45, 7) is 3.68. The lowest BCUT2D eigenvalue weighted by Crippen LogP contribution is -2.29. The summed E-state index contributed by atoms with van der Waals surface area (Å²) in [5.74, 6) is 11.2. The predicted molar refractivity (Wildman–Crippen MR) is 68.8 cm³/mol. The molecule has 0 atom stereocenters. The van der Waals surface area contributed by atoms with Crippen molar-refractivity contribution >= 4 is 5.97 Å². The van der Waals surface area contributed by atoms with Crippen LogP contribution in [0, 0.1) is 23.7 Å². The number of carbonyl (C=O) groups is 1. The van der Waals surface area contributed by atoms with Gasteiger partial charge in [-0.25, -0.2) is 0 Å². The first-order chi connectivity index (χ1) is 7.95. The second-order valence-electron chi connectivity index (χ2n) is 4.08. The van der Waals surface area contributed by atoms with Gasteiger partial charge in [-0.2, -0.15) is 0 Å². The third-order valence-corrected chi connectivity index (χ3v) is 1.66. The van der Waals surface area contributed by atoms with Crippen LogP contribution in [-0.4, -0.2) is 18.6 Å². The topological polar surface area (TPSA) is 52.3 Å². The number of ether oxygens (including phenoxy) is 1. The van der Waals surface area contributed by atoms with Gasteiger partial charge in [-0.15, -0.1) is 0 Å². The number of rotatable bonds is 3. The molecule has 0 aromatic heterocycles. The molecule has 2 N–H and O–H groups in total. The fourth-order valence-corrected chi connectivity index (χ4v) is 0.865. The van der Waals surface area contributed by atoms with Gasteiger partial charge in [0.2, 0.25) is 0 Å². The normalized spacial score (nSPS) is 10.1. The standard InChI is InChI=1S/C14H19NO2/c1-14(2,15)12-10-8-6-4-5-7-9-11-13(16)17-3/h6,8H,7,9,11,15H2,1-3H3/b8-6-. The SMILES string of the molecule is COC(=O)CCCC#C/C=C\C#CC(C)(C)N. The number of hydrogen-bond acceptors (Lipinski definition) is 3. The maximum atomic E-state index is 10.8. The monoisotopic (exact) mass is 233 g/mol. The van der Waals surface area contributed by atoms with Crippen LogP contribution in [0.25, 0.3) is 0 Å². The molecule has 0 rings (SSSR count). The molecule has 0 aromatic rings. The van der Waals surface area contributed by atoms with Crippen molar-refractivity contribution in [1.82, 2.24) is 0 Å². The van der Waals surface area contributed by atoms with Gasteiger partial charge in [0, 0.05) is 12.8 Å². The van der Waals surface area contributed by atoms with Crippen molar-refractivity contribution in [3.05, 3.63) is 12.2 Å². The number of carbonyl (C=O) groups excluding carboxylic acids is 1. The Kier molecular flexibility index (Phi) is 7.59. The van der Waals surface area contributed by atoms with E-state index in [-0.39, 0.29) is 5.97 Å². The summed E-state index contributed by atoms with van der Waals surface area (Å²) in [7, 11) is 1.38. The highest BCUT2D eigenvalue weighted by Gasteiger charge is 2.02. The molecule has 17 heavy (non-hydrogen) atoms. The van der Waals surface area contributed by atoms with Crippen molar-refractivity contribution in [2.24, 2.45) is 5.73 Å². The quantitative estimate of drug-likeness (QED) is 0.458. The third kappa shape index (κ3) is 12.2. The molecule has 0 fully saturated rings. The lowest BCUT2D eigenvalue weighted by Gasteiger charge is -2.06. The van der Waals surface area contributed by atoms with Crippen molar-refractivity contribution in [1.29, 1.82) is 0 Å². The Morgan fingerprint density at radius 3 is 2.59 bits per heavy atom. The third-order valence-electron chi connectivity index (χ3n) is 1.66. The number of nitrogens with two attached hydrogens (primary N) is 1. The average Bonchev–Trinajstić information content (AvgIpc) is 2.25. The van der Waals surface area contributed by atoms with E-state index < -0.39 is 5.54 Å². The van der Waals surface area contributed by atoms with E-state index in [1.54, 1.807) is 12.2 Å². The van der Waals surface area contributed by atoms with E-state index in [0.717, 1.165) is 6.42 Å². The second-order valence-corrected chi connectivity index (χ2v) is 4.08. The minimum absolute atomic E-state index is 0.196. The van der Waals surface area contributed by atoms with E-state index in [4.69, 9.17) is 5.73 Å². The summed E-state index contributed by atoms with van der Waals surface area (Å²) in [5, 5.41) is 0. The van der Waals surface area contributed by atoms with Gasteiger partial charge >= 0.3 is 5.97 Å². The molecule has 0 aromatic carbocycles. The van der Waals surface area contributed by atoms with Gasteiger partial charge in [0.15, 0.2) is 0 Å². The molecule has 3 heteroatoms. The first kappa shape index (κ1) is 15.3. The van der Waals surface area contributed by atoms with Crippen LogP contribution in [-0.2, 0) is 9.53 Å². The van der Waals surface area contributed by atoms with Crippen molar-refractivity contribution < 1.29 is 9.53 Å². The van der Waals surface area contributed by atoms with Crippen molar-refractivity contribution in [2.75, 3.05) is 7.11 Å². The smallest absolute Gasteiger partial charge is 0.305 e. The fraction of sp³-hybridized carbons (Fsp3) is 0.500. The summed E-state index contributed by atoms with van der Waals surface area (Å²) >= 11 is 0. The Balaban J connectivity index is 3.78. The predicted octanol–water partition coefficient (Wildman–Crippen LogP) is 1.63. The van der Waals surface area contributed by atoms with Gasteiger partial charge < -0.3 is 10.5 Å².